The molecular formula is C22H22FN5O2. The third-order valence-corrected chi connectivity index (χ3v) is 4.54. The van der Waals surface area contributed by atoms with E-state index in [9.17, 15) is 9.50 Å². The zero-order chi connectivity index (χ0) is 21.1. The number of aryl methyl sites for hydroxylation is 1. The van der Waals surface area contributed by atoms with Gasteiger partial charge in [0.05, 0.1) is 12.1 Å². The van der Waals surface area contributed by atoms with Crippen molar-refractivity contribution in [2.75, 3.05) is 11.9 Å². The smallest absolute Gasteiger partial charge is 0.164 e. The Hall–Kier alpha value is -3.52. The number of H-pyrrole nitrogens is 1. The highest BCUT2D eigenvalue weighted by molar-refractivity contribution is 5.91. The lowest BCUT2D eigenvalue weighted by Gasteiger charge is -2.14. The summed E-state index contributed by atoms with van der Waals surface area (Å²) in [5, 5.41) is 21.8. The van der Waals surface area contributed by atoms with Crippen LogP contribution >= 0.6 is 0 Å². The van der Waals surface area contributed by atoms with Gasteiger partial charge in [0, 0.05) is 23.2 Å². The monoisotopic (exact) mass is 407 g/mol. The minimum absolute atomic E-state index is 0.191. The molecule has 1 unspecified atom stereocenters. The van der Waals surface area contributed by atoms with Gasteiger partial charge in [-0.3, -0.25) is 5.10 Å². The largest absolute Gasteiger partial charge is 0.494 e. The van der Waals surface area contributed by atoms with E-state index >= 15 is 0 Å². The molecule has 30 heavy (non-hydrogen) atoms. The Kier molecular flexibility index (Phi) is 5.58. The minimum atomic E-state index is -1.11. The van der Waals surface area contributed by atoms with E-state index < -0.39 is 6.10 Å². The third kappa shape index (κ3) is 4.23. The zero-order valence-electron chi connectivity index (χ0n) is 16.7. The van der Waals surface area contributed by atoms with E-state index in [4.69, 9.17) is 4.74 Å². The molecule has 0 aliphatic carbocycles. The molecule has 4 rings (SSSR count). The van der Waals surface area contributed by atoms with Crippen LogP contribution in [0.1, 0.15) is 36.5 Å². The molecule has 1 atom stereocenters. The number of ether oxygens (including phenoxy) is 1. The van der Waals surface area contributed by atoms with Gasteiger partial charge in [0.25, 0.3) is 0 Å². The SMILES string of the molecule is CCCOc1ccc2c(Nc3cc(C)[nH]n3)nc(C(O)c3ccc(F)cc3)nc2c1. The standard InChI is InChI=1S/C22H22FN5O2/c1-3-10-30-16-8-9-17-18(12-16)24-22(20(29)14-4-6-15(23)7-5-14)26-21(17)25-19-11-13(2)27-28-19/h4-9,11-12,20,29H,3,10H2,1-2H3,(H2,24,25,26,27,28). The molecule has 0 saturated carbocycles. The van der Waals surface area contributed by atoms with Crippen molar-refractivity contribution in [3.63, 3.8) is 0 Å². The molecule has 0 aliphatic heterocycles. The van der Waals surface area contributed by atoms with Crippen LogP contribution in [0.2, 0.25) is 0 Å². The van der Waals surface area contributed by atoms with E-state index in [0.717, 1.165) is 17.5 Å². The summed E-state index contributed by atoms with van der Waals surface area (Å²) >= 11 is 0. The van der Waals surface area contributed by atoms with Gasteiger partial charge in [0.2, 0.25) is 0 Å². The van der Waals surface area contributed by atoms with Gasteiger partial charge in [0.15, 0.2) is 11.6 Å². The Morgan fingerprint density at radius 2 is 1.93 bits per heavy atom. The molecule has 0 amide bonds. The molecule has 154 valence electrons. The maximum absolute atomic E-state index is 13.3. The number of aromatic nitrogens is 4. The molecular weight excluding hydrogens is 385 g/mol. The number of rotatable bonds is 7. The summed E-state index contributed by atoms with van der Waals surface area (Å²) in [4.78, 5) is 9.08. The molecule has 3 N–H and O–H groups in total. The Morgan fingerprint density at radius 1 is 1.13 bits per heavy atom. The van der Waals surface area contributed by atoms with Crippen molar-refractivity contribution < 1.29 is 14.2 Å². The first-order valence-corrected chi connectivity index (χ1v) is 9.70. The van der Waals surface area contributed by atoms with Gasteiger partial charge in [-0.05, 0) is 43.2 Å². The summed E-state index contributed by atoms with van der Waals surface area (Å²) in [6.07, 6.45) is -0.224. The molecule has 0 fully saturated rings. The number of benzene rings is 2. The number of aliphatic hydroxyl groups excluding tert-OH is 1. The number of nitrogens with zero attached hydrogens (tertiary/aromatic N) is 3. The molecule has 8 heteroatoms. The summed E-state index contributed by atoms with van der Waals surface area (Å²) in [5.41, 5.74) is 2.01. The van der Waals surface area contributed by atoms with Crippen molar-refractivity contribution in [2.45, 2.75) is 26.4 Å². The molecule has 2 aromatic carbocycles. The van der Waals surface area contributed by atoms with E-state index in [1.807, 2.05) is 38.1 Å². The third-order valence-electron chi connectivity index (χ3n) is 4.54. The van der Waals surface area contributed by atoms with Crippen LogP contribution in [0.15, 0.2) is 48.5 Å². The summed E-state index contributed by atoms with van der Waals surface area (Å²) in [6, 6.07) is 13.0. The molecule has 0 saturated heterocycles. The molecule has 7 nitrogen and oxygen atoms in total. The van der Waals surface area contributed by atoms with Crippen LogP contribution in [-0.4, -0.2) is 31.9 Å². The Labute approximate surface area is 173 Å². The van der Waals surface area contributed by atoms with E-state index in [1.54, 1.807) is 0 Å². The second-order valence-electron chi connectivity index (χ2n) is 6.97. The highest BCUT2D eigenvalue weighted by atomic mass is 19.1. The molecule has 4 aromatic rings. The van der Waals surface area contributed by atoms with Crippen molar-refractivity contribution in [3.8, 4) is 5.75 Å². The van der Waals surface area contributed by atoms with Gasteiger partial charge >= 0.3 is 0 Å². The van der Waals surface area contributed by atoms with Crippen molar-refractivity contribution in [3.05, 3.63) is 71.4 Å². The van der Waals surface area contributed by atoms with Crippen LogP contribution in [-0.2, 0) is 0 Å². The van der Waals surface area contributed by atoms with Crippen LogP contribution in [0, 0.1) is 12.7 Å². The molecule has 0 aliphatic rings. The number of aromatic amines is 1. The number of fused-ring (bicyclic) bond motifs is 1. The number of hydrogen-bond donors (Lipinski definition) is 3. The lowest BCUT2D eigenvalue weighted by Crippen LogP contribution is -2.08. The number of anilines is 2. The number of hydrogen-bond acceptors (Lipinski definition) is 6. The van der Waals surface area contributed by atoms with Gasteiger partial charge in [-0.15, -0.1) is 0 Å². The van der Waals surface area contributed by atoms with Gasteiger partial charge in [-0.25, -0.2) is 14.4 Å². The topological polar surface area (TPSA) is 96.0 Å². The first-order chi connectivity index (χ1) is 14.5. The lowest BCUT2D eigenvalue weighted by molar-refractivity contribution is 0.210. The Morgan fingerprint density at radius 3 is 2.63 bits per heavy atom. The summed E-state index contributed by atoms with van der Waals surface area (Å²) in [5.74, 6) is 1.61. The summed E-state index contributed by atoms with van der Waals surface area (Å²) in [6.45, 7) is 4.53. The first kappa shape index (κ1) is 19.8. The zero-order valence-corrected chi connectivity index (χ0v) is 16.7. The van der Waals surface area contributed by atoms with Gasteiger partial charge in [-0.1, -0.05) is 19.1 Å². The van der Waals surface area contributed by atoms with Gasteiger partial charge < -0.3 is 15.2 Å². The molecule has 2 heterocycles. The Bertz CT molecular complexity index is 1160. The average Bonchev–Trinajstić information content (AvgIpc) is 3.16. The Balaban J connectivity index is 1.79. The van der Waals surface area contributed by atoms with Crippen molar-refractivity contribution >= 4 is 22.5 Å². The fourth-order valence-corrected chi connectivity index (χ4v) is 3.05. The average molecular weight is 407 g/mol. The van der Waals surface area contributed by atoms with Gasteiger partial charge in [-0.2, -0.15) is 5.10 Å². The second-order valence-corrected chi connectivity index (χ2v) is 6.97. The minimum Gasteiger partial charge on any atom is -0.494 e. The molecule has 0 radical (unpaired) electrons. The highest BCUT2D eigenvalue weighted by Gasteiger charge is 2.18. The first-order valence-electron chi connectivity index (χ1n) is 9.70. The van der Waals surface area contributed by atoms with Crippen molar-refractivity contribution in [1.82, 2.24) is 20.2 Å². The second kappa shape index (κ2) is 8.46. The van der Waals surface area contributed by atoms with E-state index in [0.29, 0.717) is 35.1 Å². The predicted molar refractivity (Wildman–Crippen MR) is 112 cm³/mol. The van der Waals surface area contributed by atoms with Crippen LogP contribution in [0.25, 0.3) is 10.9 Å². The van der Waals surface area contributed by atoms with Crippen molar-refractivity contribution in [2.24, 2.45) is 0 Å². The maximum Gasteiger partial charge on any atom is 0.164 e. The fourth-order valence-electron chi connectivity index (χ4n) is 3.05. The van der Waals surface area contributed by atoms with Crippen LogP contribution in [0.3, 0.4) is 0 Å². The number of halogens is 1. The van der Waals surface area contributed by atoms with Gasteiger partial charge in [0.1, 0.15) is 23.5 Å². The lowest BCUT2D eigenvalue weighted by atomic mass is 10.1. The molecule has 2 aromatic heterocycles. The molecule has 0 spiro atoms. The summed E-state index contributed by atoms with van der Waals surface area (Å²) in [7, 11) is 0. The summed E-state index contributed by atoms with van der Waals surface area (Å²) < 4.78 is 19.0. The fraction of sp³-hybridized carbons (Fsp3) is 0.227. The van der Waals surface area contributed by atoms with Crippen LogP contribution in [0.4, 0.5) is 16.0 Å². The van der Waals surface area contributed by atoms with Crippen LogP contribution in [0.5, 0.6) is 5.75 Å². The van der Waals surface area contributed by atoms with Crippen molar-refractivity contribution in [1.29, 1.82) is 0 Å². The highest BCUT2D eigenvalue weighted by Crippen LogP contribution is 2.30. The normalized spacial score (nSPS) is 12.1. The van der Waals surface area contributed by atoms with Crippen LogP contribution < -0.4 is 10.1 Å². The number of aliphatic hydroxyl groups is 1. The maximum atomic E-state index is 13.3. The van der Waals surface area contributed by atoms with E-state index in [1.165, 1.54) is 24.3 Å². The number of nitrogens with one attached hydrogen (secondary N) is 2. The quantitative estimate of drug-likeness (QED) is 0.420. The molecule has 0 bridgehead atoms. The predicted octanol–water partition coefficient (Wildman–Crippen LogP) is 4.41. The van der Waals surface area contributed by atoms with E-state index in [2.05, 4.69) is 25.5 Å². The van der Waals surface area contributed by atoms with E-state index in [-0.39, 0.29) is 11.6 Å².